The number of nitrogens with zero attached hydrogens (tertiary/aromatic N) is 2. The van der Waals surface area contributed by atoms with Gasteiger partial charge in [-0.15, -0.1) is 0 Å². The third-order valence-corrected chi connectivity index (χ3v) is 4.17. The zero-order chi connectivity index (χ0) is 16.4. The number of hydrogen-bond donors (Lipinski definition) is 1. The number of amides is 1. The molecular formula is C19H21N3O. The zero-order valence-corrected chi connectivity index (χ0v) is 13.8. The molecule has 1 N–H and O–H groups in total. The Balaban J connectivity index is 1.96. The molecule has 0 radical (unpaired) electrons. The molecule has 4 heteroatoms. The summed E-state index contributed by atoms with van der Waals surface area (Å²) in [5, 5.41) is 3.06. The summed E-state index contributed by atoms with van der Waals surface area (Å²) in [6, 6.07) is 12.0. The van der Waals surface area contributed by atoms with Gasteiger partial charge in [0.05, 0.1) is 0 Å². The van der Waals surface area contributed by atoms with E-state index < -0.39 is 0 Å². The molecule has 0 unspecified atom stereocenters. The smallest absolute Gasteiger partial charge is 0.275 e. The minimum atomic E-state index is -0.163. The number of benzene rings is 1. The van der Waals surface area contributed by atoms with Crippen molar-refractivity contribution in [2.45, 2.75) is 33.6 Å². The maximum Gasteiger partial charge on any atom is 0.275 e. The highest BCUT2D eigenvalue weighted by molar-refractivity contribution is 6.04. The Morgan fingerprint density at radius 2 is 1.74 bits per heavy atom. The van der Waals surface area contributed by atoms with Crippen LogP contribution in [0.2, 0.25) is 0 Å². The number of hydrogen-bond acceptors (Lipinski definition) is 2. The number of carbonyl (C=O) groups excluding carboxylic acids is 1. The highest BCUT2D eigenvalue weighted by atomic mass is 16.1. The highest BCUT2D eigenvalue weighted by Crippen LogP contribution is 2.23. The predicted octanol–water partition coefficient (Wildman–Crippen LogP) is 4.02. The van der Waals surface area contributed by atoms with Crippen molar-refractivity contribution in [3.05, 3.63) is 65.1 Å². The van der Waals surface area contributed by atoms with Gasteiger partial charge in [-0.3, -0.25) is 4.79 Å². The van der Waals surface area contributed by atoms with E-state index in [1.54, 1.807) is 6.20 Å². The molecule has 0 aliphatic rings. The van der Waals surface area contributed by atoms with Crippen LogP contribution in [0.25, 0.3) is 5.65 Å². The van der Waals surface area contributed by atoms with Crippen LogP contribution < -0.4 is 5.32 Å². The van der Waals surface area contributed by atoms with Crippen LogP contribution in [0.15, 0.2) is 42.6 Å². The topological polar surface area (TPSA) is 46.4 Å². The normalized spacial score (nSPS) is 10.9. The van der Waals surface area contributed by atoms with E-state index in [2.05, 4.69) is 36.3 Å². The number of pyridine rings is 1. The van der Waals surface area contributed by atoms with Crippen molar-refractivity contribution >= 4 is 17.2 Å². The van der Waals surface area contributed by atoms with Gasteiger partial charge in [-0.1, -0.05) is 38.1 Å². The summed E-state index contributed by atoms with van der Waals surface area (Å²) >= 11 is 0. The lowest BCUT2D eigenvalue weighted by molar-refractivity contribution is 0.102. The molecule has 0 spiro atoms. The molecular weight excluding hydrogens is 286 g/mol. The summed E-state index contributed by atoms with van der Waals surface area (Å²) in [7, 11) is 0. The molecule has 0 aliphatic heterocycles. The summed E-state index contributed by atoms with van der Waals surface area (Å²) in [4.78, 5) is 17.1. The van der Waals surface area contributed by atoms with Crippen molar-refractivity contribution in [1.82, 2.24) is 9.38 Å². The van der Waals surface area contributed by atoms with Crippen LogP contribution >= 0.6 is 0 Å². The van der Waals surface area contributed by atoms with E-state index in [4.69, 9.17) is 0 Å². The van der Waals surface area contributed by atoms with E-state index in [9.17, 15) is 4.79 Å². The highest BCUT2D eigenvalue weighted by Gasteiger charge is 2.15. The fourth-order valence-electron chi connectivity index (χ4n) is 2.84. The van der Waals surface area contributed by atoms with Gasteiger partial charge in [0.15, 0.2) is 0 Å². The minimum Gasteiger partial charge on any atom is -0.320 e. The number of nitrogens with one attached hydrogen (secondary N) is 1. The molecule has 4 nitrogen and oxygen atoms in total. The number of carbonyl (C=O) groups is 1. The summed E-state index contributed by atoms with van der Waals surface area (Å²) in [6.07, 6.45) is 3.56. The Hall–Kier alpha value is -2.62. The van der Waals surface area contributed by atoms with Crippen molar-refractivity contribution in [2.24, 2.45) is 0 Å². The molecule has 23 heavy (non-hydrogen) atoms. The fraction of sp³-hybridized carbons (Fsp3) is 0.263. The molecule has 0 fully saturated rings. The van der Waals surface area contributed by atoms with Gasteiger partial charge in [0.25, 0.3) is 5.91 Å². The van der Waals surface area contributed by atoms with Gasteiger partial charge in [-0.05, 0) is 43.0 Å². The first kappa shape index (κ1) is 15.3. The first-order valence-corrected chi connectivity index (χ1v) is 8.00. The van der Waals surface area contributed by atoms with E-state index >= 15 is 0 Å². The lowest BCUT2D eigenvalue weighted by atomic mass is 10.0. The molecule has 1 aromatic carbocycles. The van der Waals surface area contributed by atoms with Gasteiger partial charge >= 0.3 is 0 Å². The van der Waals surface area contributed by atoms with Crippen LogP contribution in [0.1, 0.15) is 41.2 Å². The number of aryl methyl sites for hydroxylation is 3. The Labute approximate surface area is 136 Å². The van der Waals surface area contributed by atoms with Crippen LogP contribution in [-0.4, -0.2) is 15.3 Å². The van der Waals surface area contributed by atoms with Gasteiger partial charge in [-0.2, -0.15) is 0 Å². The van der Waals surface area contributed by atoms with Crippen molar-refractivity contribution in [2.75, 3.05) is 5.32 Å². The largest absolute Gasteiger partial charge is 0.320 e. The van der Waals surface area contributed by atoms with Crippen molar-refractivity contribution in [1.29, 1.82) is 0 Å². The van der Waals surface area contributed by atoms with Crippen LogP contribution in [0.3, 0.4) is 0 Å². The van der Waals surface area contributed by atoms with Crippen LogP contribution in [0.4, 0.5) is 5.69 Å². The molecule has 0 saturated carbocycles. The molecule has 3 aromatic rings. The molecule has 1 amide bonds. The van der Waals surface area contributed by atoms with Gasteiger partial charge in [-0.25, -0.2) is 4.98 Å². The molecule has 2 aromatic heterocycles. The maximum absolute atomic E-state index is 12.6. The van der Waals surface area contributed by atoms with Gasteiger partial charge in [0.1, 0.15) is 11.3 Å². The summed E-state index contributed by atoms with van der Waals surface area (Å²) in [5.41, 5.74) is 5.51. The second-order valence-electron chi connectivity index (χ2n) is 5.63. The maximum atomic E-state index is 12.6. The molecule has 3 rings (SSSR count). The summed E-state index contributed by atoms with van der Waals surface area (Å²) in [6.45, 7) is 6.19. The number of imidazole rings is 1. The third kappa shape index (κ3) is 2.84. The molecule has 0 bridgehead atoms. The first-order chi connectivity index (χ1) is 11.1. The van der Waals surface area contributed by atoms with E-state index in [1.807, 2.05) is 35.6 Å². The predicted molar refractivity (Wildman–Crippen MR) is 93.1 cm³/mol. The fourth-order valence-corrected chi connectivity index (χ4v) is 2.84. The average molecular weight is 307 g/mol. The van der Waals surface area contributed by atoms with Crippen molar-refractivity contribution in [3.63, 3.8) is 0 Å². The van der Waals surface area contributed by atoms with Crippen LogP contribution in [0.5, 0.6) is 0 Å². The third-order valence-electron chi connectivity index (χ3n) is 4.17. The Bertz CT molecular complexity index is 842. The molecule has 118 valence electrons. The number of aromatic nitrogens is 2. The van der Waals surface area contributed by atoms with Gasteiger partial charge < -0.3 is 9.72 Å². The summed E-state index contributed by atoms with van der Waals surface area (Å²) in [5.74, 6) is -0.163. The number of anilines is 1. The van der Waals surface area contributed by atoms with Crippen molar-refractivity contribution < 1.29 is 4.79 Å². The second kappa shape index (κ2) is 6.24. The van der Waals surface area contributed by atoms with E-state index in [1.165, 1.54) is 0 Å². The van der Waals surface area contributed by atoms with Crippen LogP contribution in [-0.2, 0) is 12.8 Å². The molecule has 0 saturated heterocycles. The molecule has 2 heterocycles. The Morgan fingerprint density at radius 3 is 2.35 bits per heavy atom. The zero-order valence-electron chi connectivity index (χ0n) is 13.8. The van der Waals surface area contributed by atoms with E-state index in [-0.39, 0.29) is 5.91 Å². The Morgan fingerprint density at radius 1 is 1.09 bits per heavy atom. The SMILES string of the molecule is CCc1cccc(CC)c1NC(=O)c1cn2c(C)cccc2n1. The number of para-hydroxylation sites is 1. The average Bonchev–Trinajstić information content (AvgIpc) is 3.01. The summed E-state index contributed by atoms with van der Waals surface area (Å²) < 4.78 is 1.93. The minimum absolute atomic E-state index is 0.163. The monoisotopic (exact) mass is 307 g/mol. The lowest BCUT2D eigenvalue weighted by Gasteiger charge is -2.13. The Kier molecular flexibility index (Phi) is 4.15. The van der Waals surface area contributed by atoms with E-state index in [0.717, 1.165) is 41.0 Å². The lowest BCUT2D eigenvalue weighted by Crippen LogP contribution is -2.15. The first-order valence-electron chi connectivity index (χ1n) is 8.00. The van der Waals surface area contributed by atoms with Gasteiger partial charge in [0.2, 0.25) is 0 Å². The van der Waals surface area contributed by atoms with E-state index in [0.29, 0.717) is 5.69 Å². The molecule has 0 aliphatic carbocycles. The van der Waals surface area contributed by atoms with Crippen molar-refractivity contribution in [3.8, 4) is 0 Å². The number of fused-ring (bicyclic) bond motifs is 1. The quantitative estimate of drug-likeness (QED) is 0.791. The second-order valence-corrected chi connectivity index (χ2v) is 5.63. The molecule has 0 atom stereocenters. The standard InChI is InChI=1S/C19H21N3O/c1-4-14-9-7-10-15(5-2)18(14)21-19(23)16-12-22-13(3)8-6-11-17(22)20-16/h6-12H,4-5H2,1-3H3,(H,21,23). The van der Waals surface area contributed by atoms with Gasteiger partial charge in [0, 0.05) is 17.6 Å². The van der Waals surface area contributed by atoms with Crippen LogP contribution in [0, 0.1) is 6.92 Å². The number of rotatable bonds is 4.